The maximum absolute atomic E-state index is 12.6. The predicted octanol–water partition coefficient (Wildman–Crippen LogP) is 5.35. The first-order valence-corrected chi connectivity index (χ1v) is 17.2. The van der Waals surface area contributed by atoms with Crippen molar-refractivity contribution < 1.29 is 34.3 Å². The number of benzene rings is 2. The van der Waals surface area contributed by atoms with Gasteiger partial charge in [-0.1, -0.05) is 31.4 Å². The molecule has 0 saturated heterocycles. The number of phenolic OH excluding ortho intramolecular Hbond substituents is 2. The number of guanidine groups is 1. The zero-order valence-corrected chi connectivity index (χ0v) is 28.7. The van der Waals surface area contributed by atoms with E-state index in [1.165, 1.54) is 13.5 Å². The van der Waals surface area contributed by atoms with Crippen LogP contribution in [-0.4, -0.2) is 72.8 Å². The van der Waals surface area contributed by atoms with E-state index in [1.54, 1.807) is 31.3 Å². The van der Waals surface area contributed by atoms with Crippen LogP contribution in [0, 0.1) is 5.92 Å². The predicted molar refractivity (Wildman–Crippen MR) is 188 cm³/mol. The van der Waals surface area contributed by atoms with Crippen molar-refractivity contribution in [2.75, 3.05) is 33.1 Å². The zero-order chi connectivity index (χ0) is 34.5. The summed E-state index contributed by atoms with van der Waals surface area (Å²) in [4.78, 5) is 16.5. The van der Waals surface area contributed by atoms with Gasteiger partial charge in [-0.15, -0.1) is 0 Å². The number of aliphatic hydroxyl groups is 1. The average molecular weight is 667 g/mol. The number of hydrogen-bond acceptors (Lipinski definition) is 9. The number of aromatic hydroxyl groups is 2. The minimum Gasteiger partial charge on any atom is -0.504 e. The molecule has 0 aromatic heterocycles. The van der Waals surface area contributed by atoms with Gasteiger partial charge in [0.25, 0.3) is 0 Å². The summed E-state index contributed by atoms with van der Waals surface area (Å²) in [6.07, 6.45) is 13.4. The van der Waals surface area contributed by atoms with Crippen molar-refractivity contribution in [1.29, 1.82) is 0 Å². The van der Waals surface area contributed by atoms with Crippen LogP contribution in [0.25, 0.3) is 0 Å². The molecule has 0 aliphatic heterocycles. The molecule has 2 aromatic carbocycles. The number of aryl methyl sites for hydroxylation is 2. The number of aliphatic hydroxyl groups excluding tert-OH is 1. The molecule has 2 saturated carbocycles. The van der Waals surface area contributed by atoms with Gasteiger partial charge < -0.3 is 45.9 Å². The number of carbonyl (C=O) groups is 1. The number of nitrogens with two attached hydrogens (primary N) is 1. The van der Waals surface area contributed by atoms with Crippen LogP contribution in [0.1, 0.15) is 81.8 Å². The Labute approximate surface area is 284 Å². The number of phenols is 2. The van der Waals surface area contributed by atoms with Crippen molar-refractivity contribution in [3.63, 3.8) is 0 Å². The van der Waals surface area contributed by atoms with Gasteiger partial charge in [0, 0.05) is 26.4 Å². The van der Waals surface area contributed by atoms with Gasteiger partial charge in [-0.2, -0.15) is 0 Å². The lowest BCUT2D eigenvalue weighted by Crippen LogP contribution is -2.43. The highest BCUT2D eigenvalue weighted by Gasteiger charge is 2.42. The van der Waals surface area contributed by atoms with Gasteiger partial charge in [-0.05, 0) is 106 Å². The van der Waals surface area contributed by atoms with Crippen LogP contribution in [0.2, 0.25) is 0 Å². The van der Waals surface area contributed by atoms with Crippen molar-refractivity contribution in [2.24, 2.45) is 16.6 Å². The Morgan fingerprint density at radius 1 is 1.10 bits per heavy atom. The third kappa shape index (κ3) is 10.9. The molecule has 0 unspecified atom stereocenters. The normalized spacial score (nSPS) is 21.0. The van der Waals surface area contributed by atoms with Crippen LogP contribution in [-0.2, 0) is 22.4 Å². The molecule has 2 aliphatic carbocycles. The molecule has 2 aliphatic rings. The molecule has 3 atom stereocenters. The largest absolute Gasteiger partial charge is 0.504 e. The van der Waals surface area contributed by atoms with Crippen LogP contribution in [0.4, 0.5) is 5.69 Å². The number of anilines is 1. The van der Waals surface area contributed by atoms with Crippen LogP contribution < -0.4 is 25.8 Å². The van der Waals surface area contributed by atoms with Gasteiger partial charge in [0.15, 0.2) is 41.0 Å². The number of carbonyl (C=O) groups excluding carboxylic acids is 1. The summed E-state index contributed by atoms with van der Waals surface area (Å²) >= 11 is 0. The Morgan fingerprint density at radius 3 is 2.60 bits per heavy atom. The molecular weight excluding hydrogens is 612 g/mol. The van der Waals surface area contributed by atoms with Crippen LogP contribution >= 0.6 is 0 Å². The fourth-order valence-electron chi connectivity index (χ4n) is 6.88. The second-order valence-electron chi connectivity index (χ2n) is 13.1. The van der Waals surface area contributed by atoms with Gasteiger partial charge in [-0.3, -0.25) is 9.79 Å². The number of nitrogens with one attached hydrogen (secondary N) is 2. The molecule has 264 valence electrons. The summed E-state index contributed by atoms with van der Waals surface area (Å²) in [7, 11) is 4.94. The van der Waals surface area contributed by atoms with E-state index in [-0.39, 0.29) is 35.3 Å². The van der Waals surface area contributed by atoms with Gasteiger partial charge in [0.2, 0.25) is 0 Å². The van der Waals surface area contributed by atoms with E-state index in [4.69, 9.17) is 19.9 Å². The fraction of sp³-hybridized carbons (Fsp3) is 0.568. The Hall–Kier alpha value is -3.80. The summed E-state index contributed by atoms with van der Waals surface area (Å²) < 4.78 is 17.8. The topological polar surface area (TPSA) is 168 Å². The molecule has 0 radical (unpaired) electrons. The van der Waals surface area contributed by atoms with Crippen molar-refractivity contribution in [3.8, 4) is 23.0 Å². The Balaban J connectivity index is 1.40. The van der Waals surface area contributed by atoms with Gasteiger partial charge in [0.05, 0.1) is 18.9 Å². The highest BCUT2D eigenvalue weighted by atomic mass is 16.6. The molecule has 0 spiro atoms. The number of likely N-dealkylation sites (N-methyl/N-ethyl adjacent to an activating group) is 1. The third-order valence-electron chi connectivity index (χ3n) is 9.38. The number of methoxy groups -OCH3 is 1. The Kier molecular flexibility index (Phi) is 14.0. The molecule has 2 aromatic rings. The molecule has 7 N–H and O–H groups in total. The lowest BCUT2D eigenvalue weighted by Gasteiger charge is -2.32. The van der Waals surface area contributed by atoms with E-state index < -0.39 is 11.9 Å². The SMILES string of the molecule is CN=C(N)Nc1cc(CCC=CC(=O)CCc2ccc(O)c(OC)c2)cc(O[C@@]2(CNC)CC[C@H](C[C@H](O)OC3CCCCC3)C2)c1O. The number of hydrogen-bond donors (Lipinski definition) is 6. The van der Waals surface area contributed by atoms with Crippen molar-refractivity contribution in [1.82, 2.24) is 5.32 Å². The smallest absolute Gasteiger partial charge is 0.192 e. The average Bonchev–Trinajstić information content (AvgIpc) is 3.46. The molecule has 2 fully saturated rings. The molecular formula is C37H54N4O7. The van der Waals surface area contributed by atoms with E-state index in [9.17, 15) is 20.1 Å². The van der Waals surface area contributed by atoms with E-state index in [0.29, 0.717) is 62.3 Å². The maximum Gasteiger partial charge on any atom is 0.192 e. The van der Waals surface area contributed by atoms with Crippen LogP contribution in [0.3, 0.4) is 0 Å². The number of nitrogens with zero attached hydrogens (tertiary/aromatic N) is 1. The maximum atomic E-state index is 12.6. The third-order valence-corrected chi connectivity index (χ3v) is 9.38. The van der Waals surface area contributed by atoms with Crippen LogP contribution in [0.15, 0.2) is 47.5 Å². The highest BCUT2D eigenvalue weighted by molar-refractivity contribution is 5.94. The van der Waals surface area contributed by atoms with E-state index in [1.807, 2.05) is 25.3 Å². The quantitative estimate of drug-likeness (QED) is 0.0426. The van der Waals surface area contributed by atoms with Crippen molar-refractivity contribution in [2.45, 2.75) is 101 Å². The highest BCUT2D eigenvalue weighted by Crippen LogP contribution is 2.44. The van der Waals surface area contributed by atoms with Gasteiger partial charge in [0.1, 0.15) is 5.60 Å². The second-order valence-corrected chi connectivity index (χ2v) is 13.1. The first-order chi connectivity index (χ1) is 23.1. The Morgan fingerprint density at radius 2 is 1.88 bits per heavy atom. The number of allylic oxidation sites excluding steroid dienone is 2. The molecule has 48 heavy (non-hydrogen) atoms. The summed E-state index contributed by atoms with van der Waals surface area (Å²) in [5, 5.41) is 38.0. The molecule has 4 rings (SSSR count). The minimum atomic E-state index is -0.788. The standard InChI is InChI=1S/C37H54N4O7/c1-39-24-37(18-17-27(23-37)22-34(44)47-29-11-5-4-6-12-29)48-33-21-26(19-30(35(33)45)41-36(38)40-2)9-7-8-10-28(42)15-13-25-14-16-31(43)32(20-25)46-3/h8,10,14,16,19-21,27,29,34,39,43-45H,4-7,9,11-13,15,17-18,22-24H2,1-3H3,(H3,38,40,41)/t27-,34-,37+/m1/s1. The van der Waals surface area contributed by atoms with Crippen LogP contribution in [0.5, 0.6) is 23.0 Å². The first kappa shape index (κ1) is 37.0. The minimum absolute atomic E-state index is 0.00473. The number of ether oxygens (including phenoxy) is 3. The van der Waals surface area contributed by atoms with Crippen molar-refractivity contribution in [3.05, 3.63) is 53.6 Å². The molecule has 0 amide bonds. The second kappa shape index (κ2) is 18.1. The number of ketones is 1. The van der Waals surface area contributed by atoms with Gasteiger partial charge in [-0.25, -0.2) is 0 Å². The Bertz CT molecular complexity index is 1410. The number of aliphatic imine (C=N–C) groups is 1. The summed E-state index contributed by atoms with van der Waals surface area (Å²) in [5.74, 6) is 1.13. The molecule has 0 heterocycles. The fourth-order valence-corrected chi connectivity index (χ4v) is 6.88. The summed E-state index contributed by atoms with van der Waals surface area (Å²) in [5.41, 5.74) is 7.59. The zero-order valence-electron chi connectivity index (χ0n) is 28.7. The summed E-state index contributed by atoms with van der Waals surface area (Å²) in [6.45, 7) is 0.579. The molecule has 11 heteroatoms. The van der Waals surface area contributed by atoms with E-state index in [2.05, 4.69) is 15.6 Å². The molecule has 0 bridgehead atoms. The van der Waals surface area contributed by atoms with Gasteiger partial charge >= 0.3 is 0 Å². The molecule has 11 nitrogen and oxygen atoms in total. The van der Waals surface area contributed by atoms with E-state index >= 15 is 0 Å². The lowest BCUT2D eigenvalue weighted by atomic mass is 9.96. The first-order valence-electron chi connectivity index (χ1n) is 17.2. The summed E-state index contributed by atoms with van der Waals surface area (Å²) in [6, 6.07) is 8.75. The van der Waals surface area contributed by atoms with E-state index in [0.717, 1.165) is 49.7 Å². The number of rotatable bonds is 17. The van der Waals surface area contributed by atoms with Crippen molar-refractivity contribution >= 4 is 17.4 Å². The monoisotopic (exact) mass is 666 g/mol. The lowest BCUT2D eigenvalue weighted by molar-refractivity contribution is -0.152.